The van der Waals surface area contributed by atoms with Gasteiger partial charge in [0.05, 0.1) is 38.8 Å². The van der Waals surface area contributed by atoms with Gasteiger partial charge >= 0.3 is 0 Å². The molecule has 0 bridgehead atoms. The van der Waals surface area contributed by atoms with Crippen molar-refractivity contribution in [2.45, 2.75) is 41.5 Å². The number of benzene rings is 18. The lowest BCUT2D eigenvalue weighted by Gasteiger charge is -2.14. The summed E-state index contributed by atoms with van der Waals surface area (Å²) in [6, 6.07) is 106. The predicted molar refractivity (Wildman–Crippen MR) is 487 cm³/mol. The van der Waals surface area contributed by atoms with Gasteiger partial charge in [0.25, 0.3) is 0 Å². The highest BCUT2D eigenvalue weighted by Crippen LogP contribution is 2.48. The molecule has 0 aliphatic heterocycles. The van der Waals surface area contributed by atoms with E-state index in [0.717, 1.165) is 176 Å². The minimum Gasteiger partial charge on any atom is -0.455 e. The quantitative estimate of drug-likeness (QED) is 0.150. The van der Waals surface area contributed by atoms with Gasteiger partial charge in [-0.25, -0.2) is 4.98 Å². The molecule has 0 saturated heterocycles. The molecule has 0 atom stereocenters. The number of furan rings is 3. The number of para-hydroxylation sites is 2. The highest BCUT2D eigenvalue weighted by atomic mass is 16.3. The third-order valence-corrected chi connectivity index (χ3v) is 23.5. The largest absolute Gasteiger partial charge is 0.455 e. The fourth-order valence-corrected chi connectivity index (χ4v) is 18.3. The first-order chi connectivity index (χ1) is 57.5. The standard InChI is InChI=1S/C37H26N2O.C36H24N2O.C35H22N2O/c1-21-16-23(3)36-32(17-21)33-19-22(2)18-31(37(33)40-36)26-9-5-4-8-25(26)24-12-13-29-30(20-24)27-10-6-7-11-28(27)34-35(29)39-15-14-38-34;1-21-11-14-33-30(17-21)32-19-22(2)18-31(36(32)39-33)25-8-4-3-7-24(25)23-12-13-28-29(20-23)26-9-5-6-10-27(26)34-35(28)38-16-15-37-34;1-21-20-36-33-28-12-3-2-10-26(28)31-19-23(16-17-29(31)34(33)37-21)22-8-6-9-24(18-22)25-13-7-14-30-27-11-4-5-15-32(27)38-35(25)30/h4-20H,1-3H3;3-20H,1-2H3;2-20H,1H3. The zero-order chi connectivity index (χ0) is 78.3. The number of hydrogen-bond acceptors (Lipinski definition) is 9. The predicted octanol–water partition coefficient (Wildman–Crippen LogP) is 29.4. The van der Waals surface area contributed by atoms with Crippen molar-refractivity contribution < 1.29 is 13.3 Å². The maximum Gasteiger partial charge on any atom is 0.143 e. The Hall–Kier alpha value is -15.1. The molecule has 0 aliphatic rings. The Balaban J connectivity index is 0.000000106. The second-order valence-corrected chi connectivity index (χ2v) is 31.1. The smallest absolute Gasteiger partial charge is 0.143 e. The van der Waals surface area contributed by atoms with E-state index in [2.05, 4.69) is 330 Å². The summed E-state index contributed by atoms with van der Waals surface area (Å²) in [5.41, 5.74) is 32.0. The van der Waals surface area contributed by atoms with Gasteiger partial charge in [-0.15, -0.1) is 0 Å². The van der Waals surface area contributed by atoms with Gasteiger partial charge in [0.15, 0.2) is 0 Å². The molecule has 117 heavy (non-hydrogen) atoms. The summed E-state index contributed by atoms with van der Waals surface area (Å²) in [4.78, 5) is 28.5. The Morgan fingerprint density at radius 1 is 0.197 bits per heavy atom. The van der Waals surface area contributed by atoms with E-state index < -0.39 is 0 Å². The molecule has 18 aromatic carbocycles. The first-order valence-electron chi connectivity index (χ1n) is 39.7. The van der Waals surface area contributed by atoms with Crippen LogP contribution in [0.3, 0.4) is 0 Å². The van der Waals surface area contributed by atoms with Crippen LogP contribution >= 0.6 is 0 Å². The van der Waals surface area contributed by atoms with Crippen LogP contribution in [0.15, 0.2) is 341 Å². The number of aryl methyl sites for hydroxylation is 6. The van der Waals surface area contributed by atoms with E-state index in [-0.39, 0.29) is 0 Å². The van der Waals surface area contributed by atoms with Gasteiger partial charge in [-0.2, -0.15) is 0 Å². The number of hydrogen-bond donors (Lipinski definition) is 0. The Kier molecular flexibility index (Phi) is 16.1. The summed E-state index contributed by atoms with van der Waals surface area (Å²) in [6.45, 7) is 12.7. The van der Waals surface area contributed by atoms with E-state index in [4.69, 9.17) is 33.2 Å². The molecule has 552 valence electrons. The van der Waals surface area contributed by atoms with Gasteiger partial charge in [0, 0.05) is 112 Å². The molecule has 0 spiro atoms. The van der Waals surface area contributed by atoms with Gasteiger partial charge in [-0.05, 0) is 219 Å². The summed E-state index contributed by atoms with van der Waals surface area (Å²) >= 11 is 0. The molecule has 9 heteroatoms. The van der Waals surface area contributed by atoms with Gasteiger partial charge in [-0.3, -0.25) is 24.9 Å². The summed E-state index contributed by atoms with van der Waals surface area (Å²) in [5.74, 6) is 0. The number of fused-ring (bicyclic) bond motifs is 27. The van der Waals surface area contributed by atoms with Crippen LogP contribution in [0.25, 0.3) is 230 Å². The van der Waals surface area contributed by atoms with Crippen LogP contribution in [0, 0.1) is 41.5 Å². The molecule has 24 aromatic rings. The van der Waals surface area contributed by atoms with Crippen LogP contribution in [0.5, 0.6) is 0 Å². The summed E-state index contributed by atoms with van der Waals surface area (Å²) < 4.78 is 19.5. The fourth-order valence-electron chi connectivity index (χ4n) is 18.3. The van der Waals surface area contributed by atoms with Crippen molar-refractivity contribution in [2.75, 3.05) is 0 Å². The van der Waals surface area contributed by atoms with E-state index >= 15 is 0 Å². The molecule has 0 unspecified atom stereocenters. The zero-order valence-electron chi connectivity index (χ0n) is 65.1. The van der Waals surface area contributed by atoms with E-state index in [1.165, 1.54) is 87.6 Å². The van der Waals surface area contributed by atoms with Crippen molar-refractivity contribution in [3.63, 3.8) is 0 Å². The van der Waals surface area contributed by atoms with Crippen molar-refractivity contribution in [3.8, 4) is 66.8 Å². The third kappa shape index (κ3) is 11.4. The molecular formula is C108H72N6O3. The van der Waals surface area contributed by atoms with Crippen molar-refractivity contribution >= 4 is 164 Å². The molecule has 0 fully saturated rings. The highest BCUT2D eigenvalue weighted by Gasteiger charge is 2.23. The lowest BCUT2D eigenvalue weighted by atomic mass is 9.90. The Bertz CT molecular complexity index is 8240. The summed E-state index contributed by atoms with van der Waals surface area (Å²) in [5, 5.41) is 20.8. The zero-order valence-corrected chi connectivity index (χ0v) is 65.1. The van der Waals surface area contributed by atoms with Crippen molar-refractivity contribution in [1.82, 2.24) is 29.9 Å². The average Bonchev–Trinajstić information content (AvgIpc) is 1.65. The molecule has 24 rings (SSSR count). The van der Waals surface area contributed by atoms with Crippen LogP contribution < -0.4 is 0 Å². The fraction of sp³-hybridized carbons (Fsp3) is 0.0556. The van der Waals surface area contributed by atoms with E-state index in [1.54, 1.807) is 24.8 Å². The lowest BCUT2D eigenvalue weighted by molar-refractivity contribution is 0.666. The highest BCUT2D eigenvalue weighted by molar-refractivity contribution is 6.27. The van der Waals surface area contributed by atoms with Crippen molar-refractivity contribution in [2.24, 2.45) is 0 Å². The van der Waals surface area contributed by atoms with E-state index in [0.29, 0.717) is 0 Å². The molecule has 0 amide bonds. The second-order valence-electron chi connectivity index (χ2n) is 31.1. The van der Waals surface area contributed by atoms with Crippen LogP contribution in [0.4, 0.5) is 0 Å². The monoisotopic (exact) mass is 1500 g/mol. The van der Waals surface area contributed by atoms with Gasteiger partial charge in [0.2, 0.25) is 0 Å². The van der Waals surface area contributed by atoms with Crippen LogP contribution in [0.1, 0.15) is 33.5 Å². The topological polar surface area (TPSA) is 117 Å². The van der Waals surface area contributed by atoms with E-state index in [1.807, 2.05) is 25.3 Å². The lowest BCUT2D eigenvalue weighted by Crippen LogP contribution is -1.91. The maximum atomic E-state index is 6.63. The Labute approximate surface area is 672 Å². The number of aromatic nitrogens is 6. The van der Waals surface area contributed by atoms with Gasteiger partial charge in [0.1, 0.15) is 33.5 Å². The Morgan fingerprint density at radius 2 is 0.573 bits per heavy atom. The number of nitrogens with zero attached hydrogens (tertiary/aromatic N) is 6. The third-order valence-electron chi connectivity index (χ3n) is 23.5. The van der Waals surface area contributed by atoms with Crippen LogP contribution in [-0.4, -0.2) is 29.9 Å². The van der Waals surface area contributed by atoms with Crippen LogP contribution in [0.2, 0.25) is 0 Å². The molecule has 0 radical (unpaired) electrons. The van der Waals surface area contributed by atoms with Crippen molar-refractivity contribution in [3.05, 3.63) is 362 Å². The first-order valence-corrected chi connectivity index (χ1v) is 39.7. The molecule has 6 heterocycles. The Morgan fingerprint density at radius 3 is 1.15 bits per heavy atom. The van der Waals surface area contributed by atoms with Gasteiger partial charge < -0.3 is 13.3 Å². The molecule has 0 aliphatic carbocycles. The second kappa shape index (κ2) is 27.4. The normalized spacial score (nSPS) is 11.8. The molecule has 0 saturated carbocycles. The van der Waals surface area contributed by atoms with E-state index in [9.17, 15) is 0 Å². The minimum absolute atomic E-state index is 0.915. The SMILES string of the molecule is Cc1cc(C)c2oc3c(-c4ccccc4-c4ccc5c(c4)c4ccccc4c4nccnc54)cc(C)cc3c2c1.Cc1ccc2oc3c(-c4ccccc4-c4ccc5c(c4)c4ccccc4c4nccnc54)cc(C)cc3c2c1.Cc1cnc2c3ccccc3c3cc(-c4cccc(-c5cccc6c5oc5ccccc56)c4)ccc3c2n1. The molecule has 0 N–H and O–H groups in total. The maximum absolute atomic E-state index is 6.63. The number of rotatable bonds is 6. The molecule has 9 nitrogen and oxygen atoms in total. The van der Waals surface area contributed by atoms with Crippen molar-refractivity contribution in [1.29, 1.82) is 0 Å². The minimum atomic E-state index is 0.915. The van der Waals surface area contributed by atoms with Crippen LogP contribution in [-0.2, 0) is 0 Å². The summed E-state index contributed by atoms with van der Waals surface area (Å²) in [7, 11) is 0. The van der Waals surface area contributed by atoms with Gasteiger partial charge in [-0.1, -0.05) is 230 Å². The molecule has 6 aromatic heterocycles. The average molecular weight is 1500 g/mol. The molecular weight excluding hydrogens is 1430 g/mol. The first kappa shape index (κ1) is 68.7. The summed E-state index contributed by atoms with van der Waals surface area (Å²) in [6.07, 6.45) is 8.95.